The SMILES string of the molecule is Cc1ccc(S(=O)(=O)OCCc2ccc(Oc3nc4ccccc4s3)cc2)cc1. The van der Waals surface area contributed by atoms with E-state index in [2.05, 4.69) is 4.98 Å². The van der Waals surface area contributed by atoms with E-state index in [-0.39, 0.29) is 11.5 Å². The van der Waals surface area contributed by atoms with Gasteiger partial charge in [-0.05, 0) is 55.3 Å². The first-order valence-corrected chi connectivity index (χ1v) is 11.3. The summed E-state index contributed by atoms with van der Waals surface area (Å²) in [6, 6.07) is 22.0. The minimum atomic E-state index is -3.74. The number of hydrogen-bond acceptors (Lipinski definition) is 6. The quantitative estimate of drug-likeness (QED) is 0.374. The molecule has 0 N–H and O–H groups in total. The molecule has 4 aromatic rings. The number of ether oxygens (including phenoxy) is 1. The van der Waals surface area contributed by atoms with E-state index < -0.39 is 10.1 Å². The van der Waals surface area contributed by atoms with Crippen LogP contribution in [0.4, 0.5) is 0 Å². The molecule has 29 heavy (non-hydrogen) atoms. The van der Waals surface area contributed by atoms with Crippen LogP contribution < -0.4 is 4.74 Å². The molecule has 0 amide bonds. The summed E-state index contributed by atoms with van der Waals surface area (Å²) in [4.78, 5) is 4.62. The Hall–Kier alpha value is -2.74. The average molecular weight is 426 g/mol. The molecule has 0 spiro atoms. The van der Waals surface area contributed by atoms with Gasteiger partial charge in [-0.1, -0.05) is 53.3 Å². The van der Waals surface area contributed by atoms with Gasteiger partial charge in [-0.25, -0.2) is 4.98 Å². The number of hydrogen-bond donors (Lipinski definition) is 0. The molecule has 0 atom stereocenters. The largest absolute Gasteiger partial charge is 0.431 e. The standard InChI is InChI=1S/C22H19NO4S2/c1-16-6-12-19(13-7-16)29(24,25)26-15-14-17-8-10-18(11-9-17)27-22-23-20-4-2-3-5-21(20)28-22/h2-13H,14-15H2,1H3. The van der Waals surface area contributed by atoms with Crippen LogP contribution in [-0.2, 0) is 20.7 Å². The molecule has 0 saturated carbocycles. The van der Waals surface area contributed by atoms with Gasteiger partial charge in [-0.2, -0.15) is 8.42 Å². The molecule has 4 rings (SSSR count). The zero-order valence-corrected chi connectivity index (χ0v) is 17.4. The van der Waals surface area contributed by atoms with Crippen LogP contribution in [0.2, 0.25) is 0 Å². The van der Waals surface area contributed by atoms with Crippen LogP contribution in [0.1, 0.15) is 11.1 Å². The van der Waals surface area contributed by atoms with E-state index in [1.807, 2.05) is 55.5 Å². The number of fused-ring (bicyclic) bond motifs is 1. The Morgan fingerprint density at radius 3 is 2.38 bits per heavy atom. The van der Waals surface area contributed by atoms with Crippen molar-refractivity contribution >= 4 is 31.7 Å². The Morgan fingerprint density at radius 2 is 1.66 bits per heavy atom. The van der Waals surface area contributed by atoms with Gasteiger partial charge in [-0.15, -0.1) is 0 Å². The number of para-hydroxylation sites is 1. The normalized spacial score (nSPS) is 11.6. The zero-order chi connectivity index (χ0) is 20.3. The van der Waals surface area contributed by atoms with E-state index in [1.54, 1.807) is 24.3 Å². The third-order valence-electron chi connectivity index (χ3n) is 4.34. The fraction of sp³-hybridized carbons (Fsp3) is 0.136. The average Bonchev–Trinajstić information content (AvgIpc) is 3.12. The van der Waals surface area contributed by atoms with Crippen LogP contribution in [0.25, 0.3) is 10.2 Å². The lowest BCUT2D eigenvalue weighted by atomic mass is 10.1. The lowest BCUT2D eigenvalue weighted by Gasteiger charge is -2.07. The van der Waals surface area contributed by atoms with Gasteiger partial charge >= 0.3 is 0 Å². The molecule has 1 aromatic heterocycles. The number of benzene rings is 3. The molecular formula is C22H19NO4S2. The Kier molecular flexibility index (Phi) is 5.62. The Labute approximate surface area is 173 Å². The first-order valence-electron chi connectivity index (χ1n) is 9.08. The van der Waals surface area contributed by atoms with Gasteiger partial charge in [0.05, 0.1) is 21.7 Å². The van der Waals surface area contributed by atoms with Gasteiger partial charge < -0.3 is 4.74 Å². The molecule has 3 aromatic carbocycles. The van der Waals surface area contributed by atoms with Crippen molar-refractivity contribution in [3.63, 3.8) is 0 Å². The number of rotatable bonds is 7. The fourth-order valence-electron chi connectivity index (χ4n) is 2.76. The van der Waals surface area contributed by atoms with Gasteiger partial charge in [0.2, 0.25) is 0 Å². The molecule has 0 unspecified atom stereocenters. The molecule has 148 valence electrons. The summed E-state index contributed by atoms with van der Waals surface area (Å²) >= 11 is 1.49. The molecule has 0 aliphatic carbocycles. The second kappa shape index (κ2) is 8.32. The van der Waals surface area contributed by atoms with Crippen molar-refractivity contribution in [1.82, 2.24) is 4.98 Å². The summed E-state index contributed by atoms with van der Waals surface area (Å²) in [7, 11) is -3.74. The van der Waals surface area contributed by atoms with Crippen LogP contribution >= 0.6 is 11.3 Å². The molecule has 0 aliphatic heterocycles. The second-order valence-electron chi connectivity index (χ2n) is 6.53. The fourth-order valence-corrected chi connectivity index (χ4v) is 4.51. The molecular weight excluding hydrogens is 406 g/mol. The first-order chi connectivity index (χ1) is 14.0. The van der Waals surface area contributed by atoms with Crippen molar-refractivity contribution in [3.05, 3.63) is 83.9 Å². The second-order valence-corrected chi connectivity index (χ2v) is 9.14. The highest BCUT2D eigenvalue weighted by Crippen LogP contribution is 2.31. The highest BCUT2D eigenvalue weighted by molar-refractivity contribution is 7.86. The number of thiazole rings is 1. The van der Waals surface area contributed by atoms with Crippen molar-refractivity contribution in [2.24, 2.45) is 0 Å². The molecule has 0 saturated heterocycles. The molecule has 1 heterocycles. The Balaban J connectivity index is 1.34. The van der Waals surface area contributed by atoms with E-state index >= 15 is 0 Å². The zero-order valence-electron chi connectivity index (χ0n) is 15.7. The summed E-state index contributed by atoms with van der Waals surface area (Å²) in [6.45, 7) is 1.98. The van der Waals surface area contributed by atoms with Gasteiger partial charge in [0.1, 0.15) is 5.75 Å². The summed E-state index contributed by atoms with van der Waals surface area (Å²) < 4.78 is 36.5. The van der Waals surface area contributed by atoms with Crippen LogP contribution in [-0.4, -0.2) is 20.0 Å². The maximum absolute atomic E-state index is 12.2. The Morgan fingerprint density at radius 1 is 0.931 bits per heavy atom. The van der Waals surface area contributed by atoms with Crippen molar-refractivity contribution in [3.8, 4) is 10.9 Å². The predicted molar refractivity (Wildman–Crippen MR) is 114 cm³/mol. The number of aryl methyl sites for hydroxylation is 1. The van der Waals surface area contributed by atoms with E-state index in [4.69, 9.17) is 8.92 Å². The maximum atomic E-state index is 12.2. The molecule has 0 aliphatic rings. The Bertz CT molecular complexity index is 1180. The minimum absolute atomic E-state index is 0.0777. The van der Waals surface area contributed by atoms with Gasteiger partial charge in [0.15, 0.2) is 0 Å². The monoisotopic (exact) mass is 425 g/mol. The highest BCUT2D eigenvalue weighted by atomic mass is 32.2. The third-order valence-corrected chi connectivity index (χ3v) is 6.58. The smallest absolute Gasteiger partial charge is 0.296 e. The lowest BCUT2D eigenvalue weighted by molar-refractivity contribution is 0.322. The lowest BCUT2D eigenvalue weighted by Crippen LogP contribution is -2.09. The molecule has 5 nitrogen and oxygen atoms in total. The third kappa shape index (κ3) is 4.82. The van der Waals surface area contributed by atoms with Crippen molar-refractivity contribution < 1.29 is 17.3 Å². The first kappa shape index (κ1) is 19.6. The van der Waals surface area contributed by atoms with E-state index in [0.29, 0.717) is 17.4 Å². The van der Waals surface area contributed by atoms with E-state index in [1.165, 1.54) is 11.3 Å². The van der Waals surface area contributed by atoms with Crippen LogP contribution in [0.5, 0.6) is 10.9 Å². The van der Waals surface area contributed by atoms with Gasteiger partial charge in [0, 0.05) is 0 Å². The molecule has 7 heteroatoms. The summed E-state index contributed by atoms with van der Waals surface area (Å²) in [6.07, 6.45) is 0.479. The summed E-state index contributed by atoms with van der Waals surface area (Å²) in [5.41, 5.74) is 2.87. The van der Waals surface area contributed by atoms with Gasteiger partial charge in [0.25, 0.3) is 15.3 Å². The van der Waals surface area contributed by atoms with Crippen LogP contribution in [0.15, 0.2) is 77.7 Å². The molecule has 0 bridgehead atoms. The number of nitrogens with zero attached hydrogens (tertiary/aromatic N) is 1. The summed E-state index contributed by atoms with van der Waals surface area (Å²) in [5.74, 6) is 0.681. The van der Waals surface area contributed by atoms with Crippen molar-refractivity contribution in [1.29, 1.82) is 0 Å². The number of aromatic nitrogens is 1. The summed E-state index contributed by atoms with van der Waals surface area (Å²) in [5, 5.41) is 0.589. The molecule has 0 fully saturated rings. The highest BCUT2D eigenvalue weighted by Gasteiger charge is 2.14. The van der Waals surface area contributed by atoms with E-state index in [9.17, 15) is 8.42 Å². The van der Waals surface area contributed by atoms with Crippen LogP contribution in [0.3, 0.4) is 0 Å². The van der Waals surface area contributed by atoms with Gasteiger partial charge in [-0.3, -0.25) is 4.18 Å². The van der Waals surface area contributed by atoms with Crippen molar-refractivity contribution in [2.45, 2.75) is 18.2 Å². The molecule has 0 radical (unpaired) electrons. The van der Waals surface area contributed by atoms with Crippen LogP contribution in [0, 0.1) is 6.92 Å². The van der Waals surface area contributed by atoms with Crippen molar-refractivity contribution in [2.75, 3.05) is 6.61 Å². The predicted octanol–water partition coefficient (Wildman–Crippen LogP) is 5.35. The maximum Gasteiger partial charge on any atom is 0.296 e. The van der Waals surface area contributed by atoms with E-state index in [0.717, 1.165) is 21.3 Å². The minimum Gasteiger partial charge on any atom is -0.431 e. The topological polar surface area (TPSA) is 65.5 Å².